The standard InChI is InChI=1S/C14H14FN2O3S.C14H14N2O5S.C14H14N2O4S.C13H11F2N2O3S.C13H12FN2O3S.C12H8ClFN2O4S.CH4/c1-10-3-6-12(7-4-10)21(19,20)16-14-9-11(17(2)18)5-8-13(14)15;1-10-3-4-11(16(17)18)9-14(10)15-22(19,20)13-7-5-12(21-2)6-8-13;1-10-3-7-13(8-4-10)21(19,20)15-14-9-12(16(17)18)6-5-11(14)2;1-17(18)10-4-7-12(15)13(8-10)16-21(19,20)11-5-2-9(14)3-6-11;1-16(17)10-7-8-12(14)13(9-10)15-20(18,19)11-5-3-2-4-6-11;13-11-6-3-9(16(17)18)7-12(11)15-21(19,20)10-4-1-8(14)2-5-10;/h3-9,16H,1-2H3;3-9,15H,1-2H3;3-9,15H,1-2H3;2-8,16H,1H3;2-9,15H,1H3;1-7,15H;1H4/q+1;;;2*+1;;. The number of benzene rings is 12. The fraction of sp³-hybridized carbons (Fsp3) is 0.111. The Morgan fingerprint density at radius 1 is 0.291 bits per heavy atom. The van der Waals surface area contributed by atoms with Gasteiger partial charge in [0.1, 0.15) is 34.8 Å². The van der Waals surface area contributed by atoms with E-state index in [2.05, 4.69) is 23.6 Å². The minimum Gasteiger partial charge on any atom is -0.497 e. The van der Waals surface area contributed by atoms with Crippen LogP contribution in [0.2, 0.25) is 5.02 Å². The van der Waals surface area contributed by atoms with Gasteiger partial charge in [0.15, 0.2) is 21.1 Å². The summed E-state index contributed by atoms with van der Waals surface area (Å²) in [5.41, 5.74) is 2.13. The fourth-order valence-electron chi connectivity index (χ4n) is 9.97. The van der Waals surface area contributed by atoms with Gasteiger partial charge in [0.25, 0.3) is 94.3 Å². The van der Waals surface area contributed by atoms with E-state index in [4.69, 9.17) is 16.3 Å². The maximum absolute atomic E-state index is 13.7. The van der Waals surface area contributed by atoms with Crippen LogP contribution in [-0.4, -0.2) is 108 Å². The van der Waals surface area contributed by atoms with Gasteiger partial charge in [0, 0.05) is 102 Å². The Hall–Kier alpha value is -14.1. The molecule has 0 unspecified atom stereocenters. The van der Waals surface area contributed by atoms with Gasteiger partial charge in [0.05, 0.1) is 90.4 Å². The number of hydrogen-bond donors (Lipinski definition) is 6. The molecule has 0 saturated heterocycles. The highest BCUT2D eigenvalue weighted by Gasteiger charge is 2.26. The van der Waals surface area contributed by atoms with Crippen LogP contribution in [0.4, 0.5) is 90.2 Å². The van der Waals surface area contributed by atoms with Crippen molar-refractivity contribution in [3.8, 4) is 5.75 Å². The van der Waals surface area contributed by atoms with E-state index in [1.54, 1.807) is 56.3 Å². The monoisotopic (exact) mass is 1890 g/mol. The second-order valence-corrected chi connectivity index (χ2v) is 36.6. The molecule has 0 aliphatic rings. The number of nitrogens with zero attached hydrogens (tertiary/aromatic N) is 6. The molecule has 6 N–H and O–H groups in total. The van der Waals surface area contributed by atoms with Gasteiger partial charge in [-0.2, -0.15) is 0 Å². The van der Waals surface area contributed by atoms with Crippen LogP contribution in [0.1, 0.15) is 29.7 Å². The Kier molecular flexibility index (Phi) is 35.2. The van der Waals surface area contributed by atoms with Crippen molar-refractivity contribution in [1.29, 1.82) is 0 Å². The lowest BCUT2D eigenvalue weighted by atomic mass is 10.2. The number of hydrogen-bond acceptors (Lipinski definition) is 22. The van der Waals surface area contributed by atoms with Crippen molar-refractivity contribution in [2.45, 2.75) is 64.5 Å². The maximum atomic E-state index is 13.7. The second-order valence-electron chi connectivity index (χ2n) is 26.1. The first-order valence-electron chi connectivity index (χ1n) is 35.5. The third-order valence-electron chi connectivity index (χ3n) is 16.8. The number of aryl methyl sites for hydroxylation is 4. The molecule has 0 fully saturated rings. The highest BCUT2D eigenvalue weighted by molar-refractivity contribution is 7.94. The van der Waals surface area contributed by atoms with Crippen LogP contribution in [0.3, 0.4) is 0 Å². The number of sulfonamides is 6. The minimum atomic E-state index is -4.07. The summed E-state index contributed by atoms with van der Waals surface area (Å²) in [5, 5.41) is 32.2. The minimum absolute atomic E-state index is 0. The Balaban J connectivity index is 0.000000235. The summed E-state index contributed by atoms with van der Waals surface area (Å²) in [6, 6.07) is 55.7. The molecule has 12 aromatic carbocycles. The van der Waals surface area contributed by atoms with E-state index in [0.29, 0.717) is 31.2 Å². The number of nitrogens with one attached hydrogen (secondary N) is 6. The largest absolute Gasteiger partial charge is 0.497 e. The quantitative estimate of drug-likeness (QED) is 0.0134. The predicted molar refractivity (Wildman–Crippen MR) is 467 cm³/mol. The molecule has 12 aromatic rings. The number of methoxy groups -OCH3 is 1. The predicted octanol–water partition coefficient (Wildman–Crippen LogP) is 18.0. The van der Waals surface area contributed by atoms with Crippen LogP contribution in [0.25, 0.3) is 0 Å². The third-order valence-corrected chi connectivity index (χ3v) is 25.4. The first-order valence-corrected chi connectivity index (χ1v) is 44.7. The summed E-state index contributed by atoms with van der Waals surface area (Å²) in [6.45, 7) is 7.03. The van der Waals surface area contributed by atoms with Crippen molar-refractivity contribution in [1.82, 2.24) is 0 Å². The van der Waals surface area contributed by atoms with Crippen molar-refractivity contribution in [3.05, 3.63) is 362 Å². The van der Waals surface area contributed by atoms with Crippen molar-refractivity contribution in [3.63, 3.8) is 0 Å². The number of non-ortho nitro benzene ring substituents is 3. The summed E-state index contributed by atoms with van der Waals surface area (Å²) in [4.78, 5) is 63.7. The lowest BCUT2D eigenvalue weighted by Gasteiger charge is -2.10. The number of halogens is 6. The Morgan fingerprint density at radius 3 is 0.795 bits per heavy atom. The normalized spacial score (nSPS) is 11.0. The van der Waals surface area contributed by atoms with Crippen LogP contribution in [-0.2, 0) is 60.1 Å². The van der Waals surface area contributed by atoms with Gasteiger partial charge in [0.2, 0.25) is 0 Å². The van der Waals surface area contributed by atoms with Crippen molar-refractivity contribution >= 4 is 140 Å². The van der Waals surface area contributed by atoms with E-state index in [9.17, 15) is 118 Å². The average Bonchev–Trinajstić information content (AvgIpc) is 0.837. The summed E-state index contributed by atoms with van der Waals surface area (Å²) < 4.78 is 232. The van der Waals surface area contributed by atoms with Gasteiger partial charge in [-0.05, 0) is 172 Å². The Labute approximate surface area is 730 Å². The molecule has 0 radical (unpaired) electrons. The van der Waals surface area contributed by atoms with Crippen LogP contribution >= 0.6 is 11.6 Å². The maximum Gasteiger partial charge on any atom is 0.271 e. The molecule has 0 heterocycles. The smallest absolute Gasteiger partial charge is 0.271 e. The number of nitroso groups, excluding NO2 is 3. The van der Waals surface area contributed by atoms with Gasteiger partial charge in [-0.15, -0.1) is 0 Å². The molecule has 0 atom stereocenters. The average molecular weight is 1890 g/mol. The molecule has 0 spiro atoms. The number of anilines is 6. The van der Waals surface area contributed by atoms with Gasteiger partial charge >= 0.3 is 0 Å². The molecule has 127 heavy (non-hydrogen) atoms. The zero-order valence-electron chi connectivity index (χ0n) is 66.7. The van der Waals surface area contributed by atoms with Gasteiger partial charge < -0.3 is 4.74 Å². The van der Waals surface area contributed by atoms with Crippen LogP contribution in [0.15, 0.2) is 290 Å². The molecular formula is C81H77ClF5N12O22S6+3. The highest BCUT2D eigenvalue weighted by atomic mass is 35.5. The summed E-state index contributed by atoms with van der Waals surface area (Å²) >= 11 is 5.81. The molecular weight excluding hydrogens is 1820 g/mol. The number of nitro groups is 3. The highest BCUT2D eigenvalue weighted by Crippen LogP contribution is 2.33. The van der Waals surface area contributed by atoms with E-state index < -0.39 is 104 Å². The first-order chi connectivity index (χ1) is 58.9. The van der Waals surface area contributed by atoms with Crippen LogP contribution in [0.5, 0.6) is 5.75 Å². The zero-order chi connectivity index (χ0) is 93.6. The van der Waals surface area contributed by atoms with E-state index in [1.165, 1.54) is 150 Å². The van der Waals surface area contributed by atoms with Gasteiger partial charge in [-0.25, -0.2) is 72.5 Å². The van der Waals surface area contributed by atoms with E-state index in [-0.39, 0.29) is 110 Å². The number of rotatable bonds is 25. The molecule has 0 aromatic heterocycles. The molecule has 0 amide bonds. The SMILES string of the molecule is C.COc1ccc(S(=O)(=O)Nc2cc([N+](=O)[O-])ccc2C)cc1.C[N+](=O)c1ccc(F)c(NS(=O)(=O)c2ccc(F)cc2)c1.C[N+](=O)c1ccc(F)c(NS(=O)(=O)c2ccccc2)c1.Cc1ccc(S(=O)(=O)Nc2cc([N+](=O)[O-])ccc2C)cc1.Cc1ccc(S(=O)(=O)Nc2cc([N+](C)=O)ccc2F)cc1.O=[N+]([O-])c1ccc(Cl)c(NS(=O)(=O)c2ccc(F)cc2)c1. The van der Waals surface area contributed by atoms with Crippen LogP contribution in [0, 0.1) is 102 Å². The summed E-state index contributed by atoms with van der Waals surface area (Å²) in [5.74, 6) is -2.97. The lowest BCUT2D eigenvalue weighted by Crippen LogP contribution is -2.14. The lowest BCUT2D eigenvalue weighted by molar-refractivity contribution is -0.428. The molecule has 0 aliphatic heterocycles. The van der Waals surface area contributed by atoms with E-state index >= 15 is 0 Å². The van der Waals surface area contributed by atoms with Crippen molar-refractivity contribution in [2.24, 2.45) is 0 Å². The van der Waals surface area contributed by atoms with E-state index in [0.717, 1.165) is 108 Å². The fourth-order valence-corrected chi connectivity index (χ4v) is 16.7. The zero-order valence-corrected chi connectivity index (χ0v) is 72.4. The molecule has 0 bridgehead atoms. The Bertz CT molecular complexity index is 6270. The molecule has 0 saturated carbocycles. The first kappa shape index (κ1) is 102. The molecule has 46 heteroatoms. The van der Waals surface area contributed by atoms with Crippen LogP contribution < -0.4 is 33.1 Å². The topological polar surface area (TPSA) is 476 Å². The molecule has 0 aliphatic carbocycles. The van der Waals surface area contributed by atoms with Crippen molar-refractivity contribution in [2.75, 3.05) is 56.6 Å². The Morgan fingerprint density at radius 2 is 0.520 bits per heavy atom. The molecule has 12 rings (SSSR count). The van der Waals surface area contributed by atoms with Gasteiger partial charge in [-0.3, -0.25) is 58.7 Å². The van der Waals surface area contributed by atoms with Crippen molar-refractivity contribution < 1.29 is 106 Å². The van der Waals surface area contributed by atoms with E-state index in [1.807, 2.05) is 18.6 Å². The number of nitro benzene ring substituents is 3. The summed E-state index contributed by atoms with van der Waals surface area (Å²) in [6.07, 6.45) is 0. The second kappa shape index (κ2) is 44.0. The molecule has 668 valence electrons. The summed E-state index contributed by atoms with van der Waals surface area (Å²) in [7, 11) is -18.3. The molecule has 34 nitrogen and oxygen atoms in total. The van der Waals surface area contributed by atoms with Gasteiger partial charge in [-0.1, -0.05) is 84.8 Å². The third kappa shape index (κ3) is 29.5. The number of ether oxygens (including phenoxy) is 1.